The van der Waals surface area contributed by atoms with Crippen molar-refractivity contribution in [1.29, 1.82) is 0 Å². The number of hydrogen-bond donors (Lipinski definition) is 1. The summed E-state index contributed by atoms with van der Waals surface area (Å²) >= 11 is 3.51. The minimum atomic E-state index is -0.616. The standard InChI is InChI=1S/C27H29BrN2O2/c1-20(2)29-27(32)25(17-21-10-5-3-6-11-21)30(19-23-14-9-15-24(28)16-23)26(31)18-22-12-7-4-8-13-22/h3-16,20,25H,17-19H2,1-2H3,(H,29,32)/t25-/m1/s1. The maximum atomic E-state index is 13.6. The molecule has 0 aromatic heterocycles. The van der Waals surface area contributed by atoms with E-state index >= 15 is 0 Å². The molecule has 0 unspecified atom stereocenters. The molecule has 0 spiro atoms. The Labute approximate surface area is 198 Å². The first-order valence-electron chi connectivity index (χ1n) is 10.8. The van der Waals surface area contributed by atoms with Gasteiger partial charge in [0, 0.05) is 23.5 Å². The van der Waals surface area contributed by atoms with E-state index in [0.717, 1.165) is 21.2 Å². The number of benzene rings is 3. The number of nitrogens with one attached hydrogen (secondary N) is 1. The highest BCUT2D eigenvalue weighted by molar-refractivity contribution is 9.10. The first-order valence-corrected chi connectivity index (χ1v) is 11.6. The van der Waals surface area contributed by atoms with Gasteiger partial charge in [-0.1, -0.05) is 88.7 Å². The van der Waals surface area contributed by atoms with Crippen molar-refractivity contribution in [3.63, 3.8) is 0 Å². The van der Waals surface area contributed by atoms with E-state index in [2.05, 4.69) is 21.2 Å². The van der Waals surface area contributed by atoms with Gasteiger partial charge < -0.3 is 10.2 Å². The molecule has 2 amide bonds. The summed E-state index contributed by atoms with van der Waals surface area (Å²) in [7, 11) is 0. The van der Waals surface area contributed by atoms with Crippen LogP contribution in [0.15, 0.2) is 89.4 Å². The lowest BCUT2D eigenvalue weighted by atomic mass is 10.0. The van der Waals surface area contributed by atoms with Gasteiger partial charge in [0.05, 0.1) is 6.42 Å². The van der Waals surface area contributed by atoms with Gasteiger partial charge >= 0.3 is 0 Å². The van der Waals surface area contributed by atoms with Crippen molar-refractivity contribution in [2.75, 3.05) is 0 Å². The van der Waals surface area contributed by atoms with Gasteiger partial charge in [-0.3, -0.25) is 9.59 Å². The molecule has 0 saturated carbocycles. The molecule has 5 heteroatoms. The van der Waals surface area contributed by atoms with Gasteiger partial charge in [0.15, 0.2) is 0 Å². The molecule has 1 N–H and O–H groups in total. The van der Waals surface area contributed by atoms with E-state index < -0.39 is 6.04 Å². The molecule has 3 aromatic rings. The lowest BCUT2D eigenvalue weighted by Crippen LogP contribution is -2.52. The molecule has 0 heterocycles. The van der Waals surface area contributed by atoms with Gasteiger partial charge in [-0.25, -0.2) is 0 Å². The molecule has 0 aliphatic carbocycles. The van der Waals surface area contributed by atoms with Gasteiger partial charge in [-0.05, 0) is 42.7 Å². The minimum Gasteiger partial charge on any atom is -0.352 e. The second kappa shape index (κ2) is 11.6. The highest BCUT2D eigenvalue weighted by Gasteiger charge is 2.30. The Balaban J connectivity index is 1.96. The number of amides is 2. The fraction of sp³-hybridized carbons (Fsp3) is 0.259. The highest BCUT2D eigenvalue weighted by Crippen LogP contribution is 2.19. The molecule has 0 aliphatic rings. The smallest absolute Gasteiger partial charge is 0.243 e. The quantitative estimate of drug-likeness (QED) is 0.448. The summed E-state index contributed by atoms with van der Waals surface area (Å²) in [4.78, 5) is 28.6. The van der Waals surface area contributed by atoms with Crippen LogP contribution in [0.1, 0.15) is 30.5 Å². The molecule has 1 atom stereocenters. The molecule has 4 nitrogen and oxygen atoms in total. The largest absolute Gasteiger partial charge is 0.352 e. The van der Waals surface area contributed by atoms with E-state index in [-0.39, 0.29) is 24.3 Å². The molecule has 0 bridgehead atoms. The summed E-state index contributed by atoms with van der Waals surface area (Å²) in [5.74, 6) is -0.212. The van der Waals surface area contributed by atoms with Gasteiger partial charge in [0.25, 0.3) is 0 Å². The monoisotopic (exact) mass is 492 g/mol. The van der Waals surface area contributed by atoms with Gasteiger partial charge in [0.2, 0.25) is 11.8 Å². The summed E-state index contributed by atoms with van der Waals surface area (Å²) in [6, 6.07) is 26.7. The average molecular weight is 493 g/mol. The third kappa shape index (κ3) is 7.06. The summed E-state index contributed by atoms with van der Waals surface area (Å²) < 4.78 is 0.941. The van der Waals surface area contributed by atoms with Crippen LogP contribution < -0.4 is 5.32 Å². The van der Waals surface area contributed by atoms with Crippen molar-refractivity contribution in [2.45, 2.75) is 45.3 Å². The predicted octanol–water partition coefficient (Wildman–Crippen LogP) is 5.16. The Hall–Kier alpha value is -2.92. The Morgan fingerprint density at radius 2 is 1.44 bits per heavy atom. The molecule has 3 rings (SSSR count). The van der Waals surface area contributed by atoms with Gasteiger partial charge in [0.1, 0.15) is 6.04 Å². The van der Waals surface area contributed by atoms with E-state index in [9.17, 15) is 9.59 Å². The van der Waals surface area contributed by atoms with Crippen LogP contribution >= 0.6 is 15.9 Å². The fourth-order valence-electron chi connectivity index (χ4n) is 3.64. The van der Waals surface area contributed by atoms with E-state index in [1.807, 2.05) is 98.8 Å². The highest BCUT2D eigenvalue weighted by atomic mass is 79.9. The summed E-state index contributed by atoms with van der Waals surface area (Å²) in [6.07, 6.45) is 0.697. The van der Waals surface area contributed by atoms with Crippen molar-refractivity contribution >= 4 is 27.7 Å². The van der Waals surface area contributed by atoms with E-state index in [1.54, 1.807) is 4.90 Å². The Morgan fingerprint density at radius 1 is 0.844 bits per heavy atom. The van der Waals surface area contributed by atoms with Crippen LogP contribution in [0, 0.1) is 0 Å². The Kier molecular flexibility index (Phi) is 8.63. The van der Waals surface area contributed by atoms with Crippen LogP contribution in [0.3, 0.4) is 0 Å². The van der Waals surface area contributed by atoms with Crippen molar-refractivity contribution in [1.82, 2.24) is 10.2 Å². The molecular formula is C27H29BrN2O2. The average Bonchev–Trinajstić information content (AvgIpc) is 2.77. The van der Waals surface area contributed by atoms with Gasteiger partial charge in [-0.2, -0.15) is 0 Å². The second-order valence-electron chi connectivity index (χ2n) is 8.18. The molecular weight excluding hydrogens is 464 g/mol. The summed E-state index contributed by atoms with van der Waals surface area (Å²) in [5, 5.41) is 3.02. The second-order valence-corrected chi connectivity index (χ2v) is 9.10. The third-order valence-electron chi connectivity index (χ3n) is 5.14. The van der Waals surface area contributed by atoms with E-state index in [1.165, 1.54) is 0 Å². The third-order valence-corrected chi connectivity index (χ3v) is 5.64. The molecule has 0 fully saturated rings. The predicted molar refractivity (Wildman–Crippen MR) is 132 cm³/mol. The maximum Gasteiger partial charge on any atom is 0.243 e. The van der Waals surface area contributed by atoms with Gasteiger partial charge in [-0.15, -0.1) is 0 Å². The van der Waals surface area contributed by atoms with Crippen LogP contribution in [0.25, 0.3) is 0 Å². The van der Waals surface area contributed by atoms with E-state index in [4.69, 9.17) is 0 Å². The van der Waals surface area contributed by atoms with Crippen molar-refractivity contribution in [3.05, 3.63) is 106 Å². The lowest BCUT2D eigenvalue weighted by molar-refractivity contribution is -0.141. The summed E-state index contributed by atoms with van der Waals surface area (Å²) in [5.41, 5.74) is 2.92. The molecule has 0 saturated heterocycles. The van der Waals surface area contributed by atoms with Crippen molar-refractivity contribution in [3.8, 4) is 0 Å². The zero-order valence-corrected chi connectivity index (χ0v) is 20.1. The number of carbonyl (C=O) groups excluding carboxylic acids is 2. The topological polar surface area (TPSA) is 49.4 Å². The number of halogens is 1. The fourth-order valence-corrected chi connectivity index (χ4v) is 4.09. The zero-order chi connectivity index (χ0) is 22.9. The van der Waals surface area contributed by atoms with Crippen LogP contribution in [-0.2, 0) is 29.0 Å². The number of carbonyl (C=O) groups is 2. The SMILES string of the molecule is CC(C)NC(=O)[C@@H](Cc1ccccc1)N(Cc1cccc(Br)c1)C(=O)Cc1ccccc1. The van der Waals surface area contributed by atoms with Crippen molar-refractivity contribution < 1.29 is 9.59 Å². The van der Waals surface area contributed by atoms with Crippen LogP contribution in [-0.4, -0.2) is 28.8 Å². The molecule has 0 aliphatic heterocycles. The van der Waals surface area contributed by atoms with Crippen LogP contribution in [0.2, 0.25) is 0 Å². The summed E-state index contributed by atoms with van der Waals surface area (Å²) in [6.45, 7) is 4.22. The van der Waals surface area contributed by atoms with E-state index in [0.29, 0.717) is 13.0 Å². The minimum absolute atomic E-state index is 0.0160. The first kappa shape index (κ1) is 23.7. The lowest BCUT2D eigenvalue weighted by Gasteiger charge is -2.32. The Bertz CT molecular complexity index is 1020. The van der Waals surface area contributed by atoms with Crippen LogP contribution in [0.4, 0.5) is 0 Å². The number of hydrogen-bond acceptors (Lipinski definition) is 2. The first-order chi connectivity index (χ1) is 15.4. The molecule has 3 aromatic carbocycles. The molecule has 32 heavy (non-hydrogen) atoms. The number of rotatable bonds is 9. The number of nitrogens with zero attached hydrogens (tertiary/aromatic N) is 1. The Morgan fingerprint density at radius 3 is 2.03 bits per heavy atom. The molecule has 0 radical (unpaired) electrons. The normalized spacial score (nSPS) is 11.8. The molecule has 166 valence electrons. The van der Waals surface area contributed by atoms with Crippen LogP contribution in [0.5, 0.6) is 0 Å². The zero-order valence-electron chi connectivity index (χ0n) is 18.5. The van der Waals surface area contributed by atoms with Crippen molar-refractivity contribution in [2.24, 2.45) is 0 Å². The maximum absolute atomic E-state index is 13.6.